The fourth-order valence-corrected chi connectivity index (χ4v) is 3.99. The van der Waals surface area contributed by atoms with Crippen molar-refractivity contribution in [3.63, 3.8) is 0 Å². The van der Waals surface area contributed by atoms with Gasteiger partial charge in [-0.3, -0.25) is 14.4 Å². The molecule has 6 nitrogen and oxygen atoms in total. The molecule has 1 saturated carbocycles. The second kappa shape index (κ2) is 5.91. The first-order valence-electron chi connectivity index (χ1n) is 8.85. The Labute approximate surface area is 137 Å². The SMILES string of the molecule is CCn1nc(C)cc1C(=O)N[C@H]1C[C@H]2CO[C@H](C3CC3)CN2C1. The lowest BCUT2D eigenvalue weighted by molar-refractivity contribution is -0.0581. The van der Waals surface area contributed by atoms with E-state index in [1.54, 1.807) is 4.68 Å². The molecule has 3 fully saturated rings. The zero-order valence-corrected chi connectivity index (χ0v) is 14.0. The van der Waals surface area contributed by atoms with Crippen LogP contribution in [0.25, 0.3) is 0 Å². The van der Waals surface area contributed by atoms with Crippen molar-refractivity contribution in [3.8, 4) is 0 Å². The molecule has 126 valence electrons. The highest BCUT2D eigenvalue weighted by Crippen LogP contribution is 2.37. The van der Waals surface area contributed by atoms with Crippen LogP contribution in [0.4, 0.5) is 0 Å². The number of hydrogen-bond donors (Lipinski definition) is 1. The highest BCUT2D eigenvalue weighted by Gasteiger charge is 2.42. The van der Waals surface area contributed by atoms with E-state index in [2.05, 4.69) is 15.3 Å². The van der Waals surface area contributed by atoms with E-state index in [1.807, 2.05) is 19.9 Å². The Morgan fingerprint density at radius 3 is 3.00 bits per heavy atom. The molecule has 3 heterocycles. The molecule has 1 aromatic rings. The van der Waals surface area contributed by atoms with Gasteiger partial charge in [0, 0.05) is 31.7 Å². The van der Waals surface area contributed by atoms with Crippen LogP contribution in [0.1, 0.15) is 42.4 Å². The first kappa shape index (κ1) is 15.1. The molecular weight excluding hydrogens is 292 g/mol. The summed E-state index contributed by atoms with van der Waals surface area (Å²) in [7, 11) is 0. The molecule has 4 rings (SSSR count). The summed E-state index contributed by atoms with van der Waals surface area (Å²) in [5.41, 5.74) is 1.56. The van der Waals surface area contributed by atoms with E-state index in [4.69, 9.17) is 4.74 Å². The van der Waals surface area contributed by atoms with Crippen LogP contribution in [-0.4, -0.2) is 58.5 Å². The Kier molecular flexibility index (Phi) is 3.89. The zero-order chi connectivity index (χ0) is 16.0. The van der Waals surface area contributed by atoms with E-state index in [-0.39, 0.29) is 11.9 Å². The quantitative estimate of drug-likeness (QED) is 0.906. The van der Waals surface area contributed by atoms with Gasteiger partial charge in [0.2, 0.25) is 0 Å². The number of morpholine rings is 1. The Morgan fingerprint density at radius 1 is 1.43 bits per heavy atom. The lowest BCUT2D eigenvalue weighted by Gasteiger charge is -2.35. The molecule has 6 heteroatoms. The fraction of sp³-hybridized carbons (Fsp3) is 0.765. The number of carbonyl (C=O) groups excluding carboxylic acids is 1. The van der Waals surface area contributed by atoms with Gasteiger partial charge in [-0.05, 0) is 45.1 Å². The summed E-state index contributed by atoms with van der Waals surface area (Å²) in [5.74, 6) is 0.781. The summed E-state index contributed by atoms with van der Waals surface area (Å²) in [4.78, 5) is 15.1. The monoisotopic (exact) mass is 318 g/mol. The largest absolute Gasteiger partial charge is 0.375 e. The molecule has 1 aromatic heterocycles. The van der Waals surface area contributed by atoms with Crippen LogP contribution in [-0.2, 0) is 11.3 Å². The number of fused-ring (bicyclic) bond motifs is 1. The average Bonchev–Trinajstić information content (AvgIpc) is 3.20. The molecular formula is C17H26N4O2. The van der Waals surface area contributed by atoms with Gasteiger partial charge in [0.05, 0.1) is 18.4 Å². The second-order valence-corrected chi connectivity index (χ2v) is 7.21. The van der Waals surface area contributed by atoms with Crippen LogP contribution in [0, 0.1) is 12.8 Å². The summed E-state index contributed by atoms with van der Waals surface area (Å²) >= 11 is 0. The van der Waals surface area contributed by atoms with Crippen LogP contribution in [0.2, 0.25) is 0 Å². The Morgan fingerprint density at radius 2 is 2.26 bits per heavy atom. The topological polar surface area (TPSA) is 59.4 Å². The minimum atomic E-state index is -0.00282. The van der Waals surface area contributed by atoms with Gasteiger partial charge in [-0.1, -0.05) is 0 Å². The molecule has 3 aliphatic rings. The van der Waals surface area contributed by atoms with Gasteiger partial charge in [0.15, 0.2) is 0 Å². The molecule has 0 bridgehead atoms. The fourth-order valence-electron chi connectivity index (χ4n) is 3.99. The summed E-state index contributed by atoms with van der Waals surface area (Å²) in [6, 6.07) is 2.55. The lowest BCUT2D eigenvalue weighted by atomic mass is 10.1. The third kappa shape index (κ3) is 3.02. The third-order valence-corrected chi connectivity index (χ3v) is 5.36. The van der Waals surface area contributed by atoms with Gasteiger partial charge in [-0.15, -0.1) is 0 Å². The summed E-state index contributed by atoms with van der Waals surface area (Å²) < 4.78 is 7.80. The summed E-state index contributed by atoms with van der Waals surface area (Å²) in [5, 5.41) is 7.56. The van der Waals surface area contributed by atoms with Gasteiger partial charge in [0.25, 0.3) is 5.91 Å². The molecule has 0 radical (unpaired) electrons. The molecule has 1 N–H and O–H groups in total. The molecule has 0 spiro atoms. The van der Waals surface area contributed by atoms with Crippen molar-refractivity contribution in [3.05, 3.63) is 17.5 Å². The minimum absolute atomic E-state index is 0.00282. The summed E-state index contributed by atoms with van der Waals surface area (Å²) in [6.07, 6.45) is 4.06. The minimum Gasteiger partial charge on any atom is -0.375 e. The standard InChI is InChI=1S/C17H26N4O2/c1-3-21-15(6-11(2)19-21)17(22)18-13-7-14-10-23-16(12-4-5-12)9-20(14)8-13/h6,12-14,16H,3-5,7-10H2,1-2H3,(H,18,22)/t13-,14-,16-/m0/s1. The van der Waals surface area contributed by atoms with Gasteiger partial charge in [0.1, 0.15) is 5.69 Å². The van der Waals surface area contributed by atoms with Gasteiger partial charge in [-0.2, -0.15) is 5.10 Å². The maximum absolute atomic E-state index is 12.6. The third-order valence-electron chi connectivity index (χ3n) is 5.36. The normalized spacial score (nSPS) is 31.1. The maximum Gasteiger partial charge on any atom is 0.269 e. The van der Waals surface area contributed by atoms with Crippen molar-refractivity contribution >= 4 is 5.91 Å². The van der Waals surface area contributed by atoms with Crippen LogP contribution >= 0.6 is 0 Å². The van der Waals surface area contributed by atoms with E-state index in [0.717, 1.165) is 37.7 Å². The van der Waals surface area contributed by atoms with E-state index >= 15 is 0 Å². The van der Waals surface area contributed by atoms with Crippen molar-refractivity contribution in [1.29, 1.82) is 0 Å². The predicted octanol–water partition coefficient (Wildman–Crippen LogP) is 1.19. The number of hydrogen-bond acceptors (Lipinski definition) is 4. The van der Waals surface area contributed by atoms with Crippen molar-refractivity contribution in [2.24, 2.45) is 5.92 Å². The molecule has 1 amide bonds. The van der Waals surface area contributed by atoms with E-state index < -0.39 is 0 Å². The van der Waals surface area contributed by atoms with Crippen molar-refractivity contribution in [2.75, 3.05) is 19.7 Å². The molecule has 2 saturated heterocycles. The number of ether oxygens (including phenoxy) is 1. The molecule has 1 aliphatic carbocycles. The molecule has 2 aliphatic heterocycles. The molecule has 3 atom stereocenters. The predicted molar refractivity (Wildman–Crippen MR) is 86.3 cm³/mol. The van der Waals surface area contributed by atoms with E-state index in [9.17, 15) is 4.79 Å². The van der Waals surface area contributed by atoms with Crippen LogP contribution in [0.3, 0.4) is 0 Å². The Hall–Kier alpha value is -1.40. The molecule has 0 aromatic carbocycles. The number of carbonyl (C=O) groups is 1. The molecule has 23 heavy (non-hydrogen) atoms. The van der Waals surface area contributed by atoms with Gasteiger partial charge < -0.3 is 10.1 Å². The number of aromatic nitrogens is 2. The van der Waals surface area contributed by atoms with Gasteiger partial charge in [-0.25, -0.2) is 0 Å². The number of aryl methyl sites for hydroxylation is 2. The number of nitrogens with one attached hydrogen (secondary N) is 1. The van der Waals surface area contributed by atoms with Crippen molar-refractivity contribution in [2.45, 2.75) is 57.8 Å². The van der Waals surface area contributed by atoms with Gasteiger partial charge >= 0.3 is 0 Å². The van der Waals surface area contributed by atoms with Crippen LogP contribution < -0.4 is 5.32 Å². The van der Waals surface area contributed by atoms with Crippen molar-refractivity contribution in [1.82, 2.24) is 20.0 Å². The average molecular weight is 318 g/mol. The number of amides is 1. The smallest absolute Gasteiger partial charge is 0.269 e. The number of rotatable bonds is 4. The van der Waals surface area contributed by atoms with Crippen molar-refractivity contribution < 1.29 is 9.53 Å². The zero-order valence-electron chi connectivity index (χ0n) is 14.0. The second-order valence-electron chi connectivity index (χ2n) is 7.21. The Bertz CT molecular complexity index is 595. The van der Waals surface area contributed by atoms with E-state index in [1.165, 1.54) is 12.8 Å². The number of nitrogens with zero attached hydrogens (tertiary/aromatic N) is 3. The first-order valence-corrected chi connectivity index (χ1v) is 8.85. The first-order chi connectivity index (χ1) is 11.1. The lowest BCUT2D eigenvalue weighted by Crippen LogP contribution is -2.47. The van der Waals surface area contributed by atoms with Crippen LogP contribution in [0.5, 0.6) is 0 Å². The summed E-state index contributed by atoms with van der Waals surface area (Å²) in [6.45, 7) is 7.45. The van der Waals surface area contributed by atoms with E-state index in [0.29, 0.717) is 24.4 Å². The van der Waals surface area contributed by atoms with Crippen LogP contribution in [0.15, 0.2) is 6.07 Å². The highest BCUT2D eigenvalue weighted by molar-refractivity contribution is 5.92. The molecule has 0 unspecified atom stereocenters. The Balaban J connectivity index is 1.37. The maximum atomic E-state index is 12.6. The highest BCUT2D eigenvalue weighted by atomic mass is 16.5.